The molecule has 19 heavy (non-hydrogen) atoms. The van der Waals surface area contributed by atoms with Crippen LogP contribution in [0.5, 0.6) is 0 Å². The average Bonchev–Trinajstić information content (AvgIpc) is 2.28. The Labute approximate surface area is 114 Å². The van der Waals surface area contributed by atoms with Gasteiger partial charge in [0.15, 0.2) is 0 Å². The molecule has 1 saturated carbocycles. The molecule has 2 N–H and O–H groups in total. The second kappa shape index (κ2) is 6.23. The van der Waals surface area contributed by atoms with Crippen LogP contribution in [-0.4, -0.2) is 66.2 Å². The summed E-state index contributed by atoms with van der Waals surface area (Å²) in [6.07, 6.45) is 3.72. The van der Waals surface area contributed by atoms with Crippen LogP contribution in [0.2, 0.25) is 0 Å². The Balaban J connectivity index is 2.55. The van der Waals surface area contributed by atoms with Crippen molar-refractivity contribution in [3.8, 4) is 0 Å². The van der Waals surface area contributed by atoms with Crippen molar-refractivity contribution in [2.24, 2.45) is 0 Å². The van der Waals surface area contributed by atoms with E-state index >= 15 is 0 Å². The van der Waals surface area contributed by atoms with Crippen LogP contribution in [-0.2, 0) is 4.79 Å². The molecule has 1 atom stereocenters. The number of carbonyl (C=O) groups excluding carboxylic acids is 1. The Morgan fingerprint density at radius 2 is 1.89 bits per heavy atom. The molecule has 0 aromatic heterocycles. The lowest BCUT2D eigenvalue weighted by atomic mass is 9.75. The van der Waals surface area contributed by atoms with Gasteiger partial charge in [0, 0.05) is 19.1 Å². The maximum Gasteiger partial charge on any atom is 0.326 e. The first-order chi connectivity index (χ1) is 8.82. The van der Waals surface area contributed by atoms with Crippen molar-refractivity contribution >= 4 is 12.0 Å². The van der Waals surface area contributed by atoms with Gasteiger partial charge in [-0.05, 0) is 39.8 Å². The lowest BCUT2D eigenvalue weighted by Crippen LogP contribution is -2.59. The number of rotatable bonds is 6. The summed E-state index contributed by atoms with van der Waals surface area (Å²) < 4.78 is 0. The van der Waals surface area contributed by atoms with Crippen LogP contribution in [0.4, 0.5) is 4.79 Å². The van der Waals surface area contributed by atoms with E-state index in [4.69, 9.17) is 5.11 Å². The zero-order chi connectivity index (χ0) is 14.6. The Morgan fingerprint density at radius 3 is 2.21 bits per heavy atom. The molecular formula is C13H25N3O3. The van der Waals surface area contributed by atoms with E-state index in [2.05, 4.69) is 10.2 Å². The standard InChI is InChI=1S/C13H25N3O3/c1-5-10(11(17)18)14-12(19)16(4)9-13(15(2)3)7-6-8-13/h10H,5-9H2,1-4H3,(H,14,19)(H,17,18)/t10-/m1/s1. The van der Waals surface area contributed by atoms with Crippen LogP contribution in [0.3, 0.4) is 0 Å². The highest BCUT2D eigenvalue weighted by Gasteiger charge is 2.40. The molecule has 1 aliphatic carbocycles. The van der Waals surface area contributed by atoms with E-state index in [-0.39, 0.29) is 11.6 Å². The third-order valence-electron chi connectivity index (χ3n) is 4.12. The summed E-state index contributed by atoms with van der Waals surface area (Å²) in [5, 5.41) is 11.5. The van der Waals surface area contributed by atoms with Gasteiger partial charge >= 0.3 is 12.0 Å². The molecule has 2 amide bonds. The summed E-state index contributed by atoms with van der Waals surface area (Å²) in [5.41, 5.74) is 0.0526. The Morgan fingerprint density at radius 1 is 1.32 bits per heavy atom. The second-order valence-electron chi connectivity index (χ2n) is 5.58. The minimum Gasteiger partial charge on any atom is -0.480 e. The van der Waals surface area contributed by atoms with Gasteiger partial charge in [-0.1, -0.05) is 6.92 Å². The van der Waals surface area contributed by atoms with Gasteiger partial charge in [0.05, 0.1) is 0 Å². The summed E-state index contributed by atoms with van der Waals surface area (Å²) in [6.45, 7) is 2.37. The van der Waals surface area contributed by atoms with Gasteiger partial charge in [-0.3, -0.25) is 0 Å². The predicted molar refractivity (Wildman–Crippen MR) is 73.1 cm³/mol. The summed E-state index contributed by atoms with van der Waals surface area (Å²) >= 11 is 0. The van der Waals surface area contributed by atoms with Gasteiger partial charge in [0.1, 0.15) is 6.04 Å². The number of nitrogens with zero attached hydrogens (tertiary/aromatic N) is 2. The number of carboxylic acid groups (broad SMARTS) is 1. The van der Waals surface area contributed by atoms with Gasteiger partial charge in [-0.15, -0.1) is 0 Å². The average molecular weight is 271 g/mol. The topological polar surface area (TPSA) is 72.9 Å². The highest BCUT2D eigenvalue weighted by molar-refractivity contribution is 5.82. The van der Waals surface area contributed by atoms with Crippen molar-refractivity contribution < 1.29 is 14.7 Å². The largest absolute Gasteiger partial charge is 0.480 e. The second-order valence-corrected chi connectivity index (χ2v) is 5.58. The van der Waals surface area contributed by atoms with Crippen LogP contribution in [0, 0.1) is 0 Å². The Bertz CT molecular complexity index is 340. The van der Waals surface area contributed by atoms with Gasteiger partial charge in [-0.25, -0.2) is 9.59 Å². The molecule has 6 heteroatoms. The van der Waals surface area contributed by atoms with Crippen molar-refractivity contribution in [2.45, 2.75) is 44.2 Å². The third-order valence-corrected chi connectivity index (χ3v) is 4.12. The maximum absolute atomic E-state index is 12.0. The lowest BCUT2D eigenvalue weighted by Gasteiger charge is -2.49. The zero-order valence-corrected chi connectivity index (χ0v) is 12.3. The Hall–Kier alpha value is -1.30. The van der Waals surface area contributed by atoms with Crippen molar-refractivity contribution in [1.82, 2.24) is 15.1 Å². The molecule has 0 aliphatic heterocycles. The zero-order valence-electron chi connectivity index (χ0n) is 12.3. The molecule has 0 unspecified atom stereocenters. The number of nitrogens with one attached hydrogen (secondary N) is 1. The molecule has 0 bridgehead atoms. The maximum atomic E-state index is 12.0. The summed E-state index contributed by atoms with van der Waals surface area (Å²) in [6, 6.07) is -1.13. The van der Waals surface area contributed by atoms with Crippen LogP contribution >= 0.6 is 0 Å². The van der Waals surface area contributed by atoms with E-state index in [1.54, 1.807) is 18.9 Å². The fraction of sp³-hybridized carbons (Fsp3) is 0.846. The van der Waals surface area contributed by atoms with E-state index in [0.717, 1.165) is 12.8 Å². The lowest BCUT2D eigenvalue weighted by molar-refractivity contribution is -0.139. The van der Waals surface area contributed by atoms with Gasteiger partial charge in [0.2, 0.25) is 0 Å². The molecular weight excluding hydrogens is 246 g/mol. The van der Waals surface area contributed by atoms with Crippen molar-refractivity contribution in [3.63, 3.8) is 0 Å². The summed E-state index contributed by atoms with van der Waals surface area (Å²) in [4.78, 5) is 26.6. The number of carbonyl (C=O) groups is 2. The molecule has 0 saturated heterocycles. The number of amides is 2. The molecule has 1 rings (SSSR count). The van der Waals surface area contributed by atoms with E-state index in [1.165, 1.54) is 6.42 Å². The van der Waals surface area contributed by atoms with Crippen molar-refractivity contribution in [2.75, 3.05) is 27.7 Å². The summed E-state index contributed by atoms with van der Waals surface area (Å²) in [5.74, 6) is -0.991. The van der Waals surface area contributed by atoms with Crippen molar-refractivity contribution in [3.05, 3.63) is 0 Å². The number of hydrogen-bond acceptors (Lipinski definition) is 3. The minimum atomic E-state index is -0.991. The minimum absolute atomic E-state index is 0.0526. The van der Waals surface area contributed by atoms with Gasteiger partial charge < -0.3 is 20.2 Å². The highest BCUT2D eigenvalue weighted by atomic mass is 16.4. The number of carboxylic acids is 1. The molecule has 0 heterocycles. The quantitative estimate of drug-likeness (QED) is 0.755. The molecule has 0 radical (unpaired) electrons. The highest BCUT2D eigenvalue weighted by Crippen LogP contribution is 2.36. The third kappa shape index (κ3) is 3.59. The number of hydrogen-bond donors (Lipinski definition) is 2. The Kier molecular flexibility index (Phi) is 5.17. The first kappa shape index (κ1) is 15.8. The fourth-order valence-electron chi connectivity index (χ4n) is 2.44. The van der Waals surface area contributed by atoms with Crippen LogP contribution in [0.25, 0.3) is 0 Å². The smallest absolute Gasteiger partial charge is 0.326 e. The van der Waals surface area contributed by atoms with Gasteiger partial charge in [-0.2, -0.15) is 0 Å². The van der Waals surface area contributed by atoms with Crippen LogP contribution in [0.15, 0.2) is 0 Å². The number of aliphatic carboxylic acids is 1. The van der Waals surface area contributed by atoms with Gasteiger partial charge in [0.25, 0.3) is 0 Å². The van der Waals surface area contributed by atoms with E-state index < -0.39 is 12.0 Å². The SMILES string of the molecule is CC[C@@H](NC(=O)N(C)CC1(N(C)C)CCC1)C(=O)O. The number of urea groups is 1. The first-order valence-corrected chi connectivity index (χ1v) is 6.74. The normalized spacial score (nSPS) is 18.6. The van der Waals surface area contributed by atoms with E-state index in [0.29, 0.717) is 13.0 Å². The van der Waals surface area contributed by atoms with Crippen LogP contribution in [0.1, 0.15) is 32.6 Å². The molecule has 0 aromatic carbocycles. The van der Waals surface area contributed by atoms with Crippen molar-refractivity contribution in [1.29, 1.82) is 0 Å². The number of likely N-dealkylation sites (N-methyl/N-ethyl adjacent to an activating group) is 2. The first-order valence-electron chi connectivity index (χ1n) is 6.74. The molecule has 0 spiro atoms. The molecule has 1 fully saturated rings. The monoisotopic (exact) mass is 271 g/mol. The van der Waals surface area contributed by atoms with Crippen LogP contribution < -0.4 is 5.32 Å². The molecule has 1 aliphatic rings. The molecule has 0 aromatic rings. The van der Waals surface area contributed by atoms with E-state index in [9.17, 15) is 9.59 Å². The molecule has 6 nitrogen and oxygen atoms in total. The fourth-order valence-corrected chi connectivity index (χ4v) is 2.44. The van der Waals surface area contributed by atoms with E-state index in [1.807, 2.05) is 14.1 Å². The predicted octanol–water partition coefficient (Wildman–Crippen LogP) is 0.975. The molecule has 110 valence electrons. The summed E-state index contributed by atoms with van der Waals surface area (Å²) in [7, 11) is 5.77.